The second-order valence-corrected chi connectivity index (χ2v) is 5.66. The van der Waals surface area contributed by atoms with Gasteiger partial charge in [0.05, 0.1) is 5.69 Å². The zero-order valence-electron chi connectivity index (χ0n) is 9.44. The number of fused-ring (bicyclic) bond motifs is 1. The fourth-order valence-corrected chi connectivity index (χ4v) is 3.00. The molecule has 1 aliphatic heterocycles. The van der Waals surface area contributed by atoms with Crippen molar-refractivity contribution >= 4 is 10.0 Å². The van der Waals surface area contributed by atoms with E-state index in [0.717, 1.165) is 50.2 Å². The molecule has 5 nitrogen and oxygen atoms in total. The molecule has 0 unspecified atom stereocenters. The number of hydrogen-bond donors (Lipinski definition) is 1. The van der Waals surface area contributed by atoms with E-state index < -0.39 is 10.0 Å². The van der Waals surface area contributed by atoms with Crippen molar-refractivity contribution in [2.45, 2.75) is 50.6 Å². The van der Waals surface area contributed by atoms with Gasteiger partial charge in [-0.3, -0.25) is 0 Å². The van der Waals surface area contributed by atoms with E-state index in [1.54, 1.807) is 0 Å². The Morgan fingerprint density at radius 3 is 2.81 bits per heavy atom. The van der Waals surface area contributed by atoms with Crippen LogP contribution in [0, 0.1) is 0 Å². The Morgan fingerprint density at radius 1 is 1.44 bits per heavy atom. The van der Waals surface area contributed by atoms with Crippen LogP contribution in [-0.2, 0) is 29.4 Å². The van der Waals surface area contributed by atoms with Gasteiger partial charge in [0.2, 0.25) is 0 Å². The van der Waals surface area contributed by atoms with Gasteiger partial charge in [-0.2, -0.15) is 0 Å². The Labute approximate surface area is 95.7 Å². The van der Waals surface area contributed by atoms with Crippen LogP contribution in [0.4, 0.5) is 0 Å². The Morgan fingerprint density at radius 2 is 2.19 bits per heavy atom. The average molecular weight is 243 g/mol. The number of rotatable bonds is 3. The van der Waals surface area contributed by atoms with Crippen molar-refractivity contribution in [2.75, 3.05) is 0 Å². The minimum absolute atomic E-state index is 0.0932. The number of aromatic nitrogens is 2. The molecule has 2 heterocycles. The van der Waals surface area contributed by atoms with Crippen molar-refractivity contribution in [3.8, 4) is 0 Å². The molecule has 1 aromatic heterocycles. The van der Waals surface area contributed by atoms with Crippen LogP contribution in [0.5, 0.6) is 0 Å². The molecule has 0 atom stereocenters. The second-order valence-electron chi connectivity index (χ2n) is 4.18. The van der Waals surface area contributed by atoms with Crippen LogP contribution in [0.1, 0.15) is 37.7 Å². The molecule has 0 bridgehead atoms. The van der Waals surface area contributed by atoms with Gasteiger partial charge in [0.15, 0.2) is 5.03 Å². The van der Waals surface area contributed by atoms with Gasteiger partial charge >= 0.3 is 0 Å². The molecule has 0 spiro atoms. The molecule has 0 radical (unpaired) electrons. The van der Waals surface area contributed by atoms with E-state index in [0.29, 0.717) is 0 Å². The molecular formula is C10H17N3O2S. The minimum Gasteiger partial charge on any atom is -0.331 e. The minimum atomic E-state index is -3.67. The van der Waals surface area contributed by atoms with Crippen LogP contribution >= 0.6 is 0 Å². The van der Waals surface area contributed by atoms with E-state index in [4.69, 9.17) is 5.14 Å². The highest BCUT2D eigenvalue weighted by atomic mass is 32.2. The first-order valence-electron chi connectivity index (χ1n) is 5.65. The third-order valence-electron chi connectivity index (χ3n) is 2.90. The Balaban J connectivity index is 2.55. The second kappa shape index (κ2) is 4.18. The van der Waals surface area contributed by atoms with Gasteiger partial charge in [-0.25, -0.2) is 18.5 Å². The number of sulfonamides is 1. The van der Waals surface area contributed by atoms with Crippen LogP contribution in [0.25, 0.3) is 0 Å². The number of imidazole rings is 1. The molecule has 2 rings (SSSR count). The largest absolute Gasteiger partial charge is 0.331 e. The Bertz CT molecular complexity index is 490. The highest BCUT2D eigenvalue weighted by Crippen LogP contribution is 2.24. The molecule has 0 aliphatic carbocycles. The SMILES string of the molecule is CCCc1nc(S(N)(=O)=O)c2n1CCCC2. The maximum Gasteiger partial charge on any atom is 0.257 e. The molecular weight excluding hydrogens is 226 g/mol. The topological polar surface area (TPSA) is 78.0 Å². The highest BCUT2D eigenvalue weighted by molar-refractivity contribution is 7.89. The van der Waals surface area contributed by atoms with E-state index in [9.17, 15) is 8.42 Å². The normalized spacial score (nSPS) is 16.1. The van der Waals surface area contributed by atoms with Gasteiger partial charge in [-0.05, 0) is 25.7 Å². The van der Waals surface area contributed by atoms with Crippen molar-refractivity contribution in [1.29, 1.82) is 0 Å². The predicted molar refractivity (Wildman–Crippen MR) is 60.5 cm³/mol. The van der Waals surface area contributed by atoms with Gasteiger partial charge in [0.1, 0.15) is 5.82 Å². The number of hydrogen-bond acceptors (Lipinski definition) is 3. The smallest absolute Gasteiger partial charge is 0.257 e. The predicted octanol–water partition coefficient (Wildman–Crippen LogP) is 0.819. The molecule has 0 saturated carbocycles. The Kier molecular flexibility index (Phi) is 3.03. The zero-order valence-corrected chi connectivity index (χ0v) is 10.3. The lowest BCUT2D eigenvalue weighted by molar-refractivity contribution is 0.507. The monoisotopic (exact) mass is 243 g/mol. The summed E-state index contributed by atoms with van der Waals surface area (Å²) < 4.78 is 24.9. The van der Waals surface area contributed by atoms with Gasteiger partial charge in [0.25, 0.3) is 10.0 Å². The molecule has 0 aromatic carbocycles. The molecule has 0 saturated heterocycles. The van der Waals surface area contributed by atoms with Gasteiger partial charge < -0.3 is 4.57 Å². The van der Waals surface area contributed by atoms with E-state index >= 15 is 0 Å². The first kappa shape index (κ1) is 11.6. The van der Waals surface area contributed by atoms with Gasteiger partial charge in [0, 0.05) is 13.0 Å². The fourth-order valence-electron chi connectivity index (χ4n) is 2.22. The van der Waals surface area contributed by atoms with Crippen molar-refractivity contribution in [3.63, 3.8) is 0 Å². The summed E-state index contributed by atoms with van der Waals surface area (Å²) in [4.78, 5) is 4.20. The molecule has 90 valence electrons. The number of nitrogens with zero attached hydrogens (tertiary/aromatic N) is 2. The van der Waals surface area contributed by atoms with Gasteiger partial charge in [-0.15, -0.1) is 0 Å². The van der Waals surface area contributed by atoms with Crippen molar-refractivity contribution in [2.24, 2.45) is 5.14 Å². The van der Waals surface area contributed by atoms with Crippen molar-refractivity contribution in [3.05, 3.63) is 11.5 Å². The van der Waals surface area contributed by atoms with Crippen LogP contribution in [0.15, 0.2) is 5.03 Å². The summed E-state index contributed by atoms with van der Waals surface area (Å²) in [6, 6.07) is 0. The van der Waals surface area contributed by atoms with Crippen LogP contribution < -0.4 is 5.14 Å². The lowest BCUT2D eigenvalue weighted by atomic mass is 10.1. The zero-order chi connectivity index (χ0) is 11.8. The third-order valence-corrected chi connectivity index (χ3v) is 3.77. The highest BCUT2D eigenvalue weighted by Gasteiger charge is 2.25. The number of aryl methyl sites for hydroxylation is 1. The first-order chi connectivity index (χ1) is 7.54. The van der Waals surface area contributed by atoms with Gasteiger partial charge in [-0.1, -0.05) is 6.92 Å². The summed E-state index contributed by atoms with van der Waals surface area (Å²) in [7, 11) is -3.67. The molecule has 1 aliphatic rings. The summed E-state index contributed by atoms with van der Waals surface area (Å²) in [5.74, 6) is 0.862. The first-order valence-corrected chi connectivity index (χ1v) is 7.19. The lowest BCUT2D eigenvalue weighted by Crippen LogP contribution is -2.18. The van der Waals surface area contributed by atoms with Crippen molar-refractivity contribution < 1.29 is 8.42 Å². The lowest BCUT2D eigenvalue weighted by Gasteiger charge is -2.16. The van der Waals surface area contributed by atoms with E-state index in [2.05, 4.69) is 11.9 Å². The molecule has 6 heteroatoms. The van der Waals surface area contributed by atoms with E-state index in [-0.39, 0.29) is 5.03 Å². The number of nitrogens with two attached hydrogens (primary N) is 1. The molecule has 0 amide bonds. The summed E-state index contributed by atoms with van der Waals surface area (Å²) in [5.41, 5.74) is 0.803. The summed E-state index contributed by atoms with van der Waals surface area (Å²) in [6.45, 7) is 2.92. The summed E-state index contributed by atoms with van der Waals surface area (Å²) in [5, 5.41) is 5.28. The molecule has 1 aromatic rings. The van der Waals surface area contributed by atoms with E-state index in [1.165, 1.54) is 0 Å². The summed E-state index contributed by atoms with van der Waals surface area (Å²) in [6.07, 6.45) is 4.63. The maximum absolute atomic E-state index is 11.4. The third kappa shape index (κ3) is 1.99. The van der Waals surface area contributed by atoms with E-state index in [1.807, 2.05) is 4.57 Å². The maximum atomic E-state index is 11.4. The Hall–Kier alpha value is -0.880. The number of primary sulfonamides is 1. The van der Waals surface area contributed by atoms with Crippen LogP contribution in [-0.4, -0.2) is 18.0 Å². The summed E-state index contributed by atoms with van der Waals surface area (Å²) >= 11 is 0. The standard InChI is InChI=1S/C10H17N3O2S/c1-2-5-9-12-10(16(11,14)15)8-6-3-4-7-13(8)9/h2-7H2,1H3,(H2,11,14,15). The fraction of sp³-hybridized carbons (Fsp3) is 0.700. The van der Waals surface area contributed by atoms with Crippen molar-refractivity contribution in [1.82, 2.24) is 9.55 Å². The van der Waals surface area contributed by atoms with Crippen LogP contribution in [0.2, 0.25) is 0 Å². The quantitative estimate of drug-likeness (QED) is 0.853. The molecule has 0 fully saturated rings. The average Bonchev–Trinajstić information content (AvgIpc) is 2.58. The van der Waals surface area contributed by atoms with Crippen LogP contribution in [0.3, 0.4) is 0 Å². The molecule has 16 heavy (non-hydrogen) atoms. The molecule has 2 N–H and O–H groups in total.